The quantitative estimate of drug-likeness (QED) is 0.638. The van der Waals surface area contributed by atoms with Crippen LogP contribution in [0.4, 0.5) is 11.5 Å². The van der Waals surface area contributed by atoms with Gasteiger partial charge in [0.05, 0.1) is 11.5 Å². The lowest BCUT2D eigenvalue weighted by Gasteiger charge is -2.07. The van der Waals surface area contributed by atoms with Crippen LogP contribution in [0.15, 0.2) is 30.6 Å². The molecule has 2 rings (SSSR count). The number of nitrogens with zero attached hydrogens (tertiary/aromatic N) is 3. The monoisotopic (exact) mass is 290 g/mol. The molecule has 2 aromatic rings. The maximum Gasteiger partial charge on any atom is 0.372 e. The van der Waals surface area contributed by atoms with Crippen molar-refractivity contribution in [2.45, 2.75) is 6.42 Å². The number of methoxy groups -OCH3 is 1. The minimum atomic E-state index is -0.669. The molecule has 0 bridgehead atoms. The number of nitrogen functional groups attached to an aromatic ring is 1. The van der Waals surface area contributed by atoms with Crippen molar-refractivity contribution in [1.29, 1.82) is 0 Å². The van der Waals surface area contributed by atoms with E-state index in [1.807, 2.05) is 12.1 Å². The molecule has 1 aromatic carbocycles. The van der Waals surface area contributed by atoms with Crippen molar-refractivity contribution >= 4 is 11.5 Å². The Hall–Kier alpha value is -2.74. The predicted octanol–water partition coefficient (Wildman–Crippen LogP) is 1.95. The summed E-state index contributed by atoms with van der Waals surface area (Å²) in [6.07, 6.45) is 1.89. The molecule has 0 saturated heterocycles. The Kier molecular flexibility index (Phi) is 4.62. The van der Waals surface area contributed by atoms with E-state index in [0.29, 0.717) is 12.4 Å². The van der Waals surface area contributed by atoms with Crippen LogP contribution in [0.25, 0.3) is 0 Å². The molecule has 21 heavy (non-hydrogen) atoms. The highest BCUT2D eigenvalue weighted by atomic mass is 16.6. The van der Waals surface area contributed by atoms with E-state index < -0.39 is 10.6 Å². The normalized spacial score (nSPS) is 10.3. The number of nitro groups is 1. The van der Waals surface area contributed by atoms with Crippen molar-refractivity contribution in [3.8, 4) is 11.6 Å². The first-order valence-electron chi connectivity index (χ1n) is 6.12. The smallest absolute Gasteiger partial charge is 0.372 e. The molecule has 0 amide bonds. The summed E-state index contributed by atoms with van der Waals surface area (Å²) in [6.45, 7) is 0.619. The minimum absolute atomic E-state index is 0.183. The molecule has 0 atom stereocenters. The SMILES string of the molecule is COCCc1ccc(Oc2ncnc(N)c2[N+](=O)[O-])cc1. The average Bonchev–Trinajstić information content (AvgIpc) is 2.46. The summed E-state index contributed by atoms with van der Waals surface area (Å²) in [5.41, 5.74) is 6.09. The Morgan fingerprint density at radius 3 is 2.62 bits per heavy atom. The van der Waals surface area contributed by atoms with Gasteiger partial charge in [0, 0.05) is 7.11 Å². The van der Waals surface area contributed by atoms with Crippen LogP contribution in [0, 0.1) is 10.1 Å². The van der Waals surface area contributed by atoms with E-state index in [-0.39, 0.29) is 11.7 Å². The number of benzene rings is 1. The van der Waals surface area contributed by atoms with Crippen LogP contribution in [0.3, 0.4) is 0 Å². The van der Waals surface area contributed by atoms with Crippen molar-refractivity contribution in [2.75, 3.05) is 19.5 Å². The molecule has 0 unspecified atom stereocenters. The van der Waals surface area contributed by atoms with Crippen LogP contribution >= 0.6 is 0 Å². The van der Waals surface area contributed by atoms with Gasteiger partial charge in [-0.05, 0) is 24.1 Å². The maximum atomic E-state index is 11.0. The van der Waals surface area contributed by atoms with Crippen molar-refractivity contribution in [1.82, 2.24) is 9.97 Å². The maximum absolute atomic E-state index is 11.0. The fourth-order valence-electron chi connectivity index (χ4n) is 1.68. The summed E-state index contributed by atoms with van der Waals surface area (Å²) in [6, 6.07) is 7.11. The Labute approximate surface area is 120 Å². The second kappa shape index (κ2) is 6.62. The fourth-order valence-corrected chi connectivity index (χ4v) is 1.68. The van der Waals surface area contributed by atoms with Gasteiger partial charge in [-0.2, -0.15) is 4.98 Å². The molecule has 8 nitrogen and oxygen atoms in total. The highest BCUT2D eigenvalue weighted by Gasteiger charge is 2.22. The summed E-state index contributed by atoms with van der Waals surface area (Å²) >= 11 is 0. The third-order valence-corrected chi connectivity index (χ3v) is 2.73. The van der Waals surface area contributed by atoms with Crippen LogP contribution in [0.1, 0.15) is 5.56 Å². The largest absolute Gasteiger partial charge is 0.434 e. The van der Waals surface area contributed by atoms with Crippen molar-refractivity contribution in [3.05, 3.63) is 46.3 Å². The lowest BCUT2D eigenvalue weighted by molar-refractivity contribution is -0.385. The van der Waals surface area contributed by atoms with E-state index in [4.69, 9.17) is 15.2 Å². The molecule has 0 radical (unpaired) electrons. The zero-order chi connectivity index (χ0) is 15.2. The summed E-state index contributed by atoms with van der Waals surface area (Å²) in [5, 5.41) is 11.0. The van der Waals surface area contributed by atoms with E-state index >= 15 is 0 Å². The van der Waals surface area contributed by atoms with Gasteiger partial charge in [-0.25, -0.2) is 4.98 Å². The van der Waals surface area contributed by atoms with Gasteiger partial charge < -0.3 is 15.2 Å². The van der Waals surface area contributed by atoms with Crippen LogP contribution in [-0.2, 0) is 11.2 Å². The average molecular weight is 290 g/mol. The van der Waals surface area contributed by atoms with Gasteiger partial charge >= 0.3 is 11.6 Å². The number of anilines is 1. The van der Waals surface area contributed by atoms with Gasteiger partial charge in [0.15, 0.2) is 0 Å². The van der Waals surface area contributed by atoms with Crippen LogP contribution < -0.4 is 10.5 Å². The van der Waals surface area contributed by atoms with Gasteiger partial charge in [-0.3, -0.25) is 10.1 Å². The summed E-state index contributed by atoms with van der Waals surface area (Å²) in [4.78, 5) is 17.6. The lowest BCUT2D eigenvalue weighted by Crippen LogP contribution is -2.02. The number of hydrogen-bond acceptors (Lipinski definition) is 7. The second-order valence-corrected chi connectivity index (χ2v) is 4.16. The Morgan fingerprint density at radius 1 is 1.29 bits per heavy atom. The zero-order valence-electron chi connectivity index (χ0n) is 11.4. The molecule has 0 spiro atoms. The molecule has 0 fully saturated rings. The third-order valence-electron chi connectivity index (χ3n) is 2.73. The number of nitrogens with two attached hydrogens (primary N) is 1. The molecule has 0 aliphatic rings. The molecule has 0 aliphatic heterocycles. The van der Waals surface area contributed by atoms with Crippen molar-refractivity contribution in [2.24, 2.45) is 0 Å². The van der Waals surface area contributed by atoms with Gasteiger partial charge in [0.25, 0.3) is 0 Å². The van der Waals surface area contributed by atoms with Gasteiger partial charge in [0.2, 0.25) is 5.82 Å². The summed E-state index contributed by atoms with van der Waals surface area (Å²) in [5.74, 6) is 0.0104. The number of ether oxygens (including phenoxy) is 2. The zero-order valence-corrected chi connectivity index (χ0v) is 11.4. The first-order chi connectivity index (χ1) is 10.1. The molecule has 0 saturated carbocycles. The lowest BCUT2D eigenvalue weighted by atomic mass is 10.1. The molecule has 1 aromatic heterocycles. The van der Waals surface area contributed by atoms with Crippen molar-refractivity contribution in [3.63, 3.8) is 0 Å². The van der Waals surface area contributed by atoms with E-state index in [2.05, 4.69) is 9.97 Å². The van der Waals surface area contributed by atoms with Crippen molar-refractivity contribution < 1.29 is 14.4 Å². The van der Waals surface area contributed by atoms with E-state index in [0.717, 1.165) is 18.3 Å². The van der Waals surface area contributed by atoms with Crippen LogP contribution in [-0.4, -0.2) is 28.6 Å². The topological polar surface area (TPSA) is 113 Å². The van der Waals surface area contributed by atoms with Crippen LogP contribution in [0.2, 0.25) is 0 Å². The Morgan fingerprint density at radius 2 is 2.00 bits per heavy atom. The molecular formula is C13H14N4O4. The number of hydrogen-bond donors (Lipinski definition) is 1. The number of rotatable bonds is 6. The predicted molar refractivity (Wildman–Crippen MR) is 75.2 cm³/mol. The highest BCUT2D eigenvalue weighted by molar-refractivity contribution is 5.58. The van der Waals surface area contributed by atoms with E-state index in [1.54, 1.807) is 19.2 Å². The minimum Gasteiger partial charge on any atom is -0.434 e. The molecule has 8 heteroatoms. The molecule has 110 valence electrons. The third kappa shape index (κ3) is 3.63. The van der Waals surface area contributed by atoms with E-state index in [1.165, 1.54) is 0 Å². The molecule has 1 heterocycles. The summed E-state index contributed by atoms with van der Waals surface area (Å²) < 4.78 is 10.4. The first kappa shape index (κ1) is 14.7. The molecule has 2 N–H and O–H groups in total. The van der Waals surface area contributed by atoms with Gasteiger partial charge in [-0.15, -0.1) is 0 Å². The second-order valence-electron chi connectivity index (χ2n) is 4.16. The molecule has 0 aliphatic carbocycles. The van der Waals surface area contributed by atoms with Gasteiger partial charge in [-0.1, -0.05) is 12.1 Å². The number of aromatic nitrogens is 2. The highest BCUT2D eigenvalue weighted by Crippen LogP contribution is 2.32. The standard InChI is InChI=1S/C13H14N4O4/c1-20-7-6-9-2-4-10(5-3-9)21-13-11(17(18)19)12(14)15-8-16-13/h2-5,8H,6-7H2,1H3,(H2,14,15,16). The Balaban J connectivity index is 2.19. The first-order valence-corrected chi connectivity index (χ1v) is 6.12. The van der Waals surface area contributed by atoms with Gasteiger partial charge in [0.1, 0.15) is 12.1 Å². The fraction of sp³-hybridized carbons (Fsp3) is 0.231. The molecular weight excluding hydrogens is 276 g/mol. The summed E-state index contributed by atoms with van der Waals surface area (Å²) in [7, 11) is 1.64. The van der Waals surface area contributed by atoms with Crippen LogP contribution in [0.5, 0.6) is 11.6 Å². The van der Waals surface area contributed by atoms with E-state index in [9.17, 15) is 10.1 Å². The Bertz CT molecular complexity index is 631.